The first-order valence-corrected chi connectivity index (χ1v) is 26.6. The van der Waals surface area contributed by atoms with E-state index in [1.807, 2.05) is 0 Å². The lowest BCUT2D eigenvalue weighted by atomic mass is 10.0. The van der Waals surface area contributed by atoms with Crippen LogP contribution in [0.15, 0.2) is 0 Å². The molecule has 0 aromatic rings. The molecule has 0 spiro atoms. The second-order valence-electron chi connectivity index (χ2n) is 19.9. The summed E-state index contributed by atoms with van der Waals surface area (Å²) in [4.78, 5) is 38.0. The van der Waals surface area contributed by atoms with Crippen molar-refractivity contribution >= 4 is 17.9 Å². The smallest absolute Gasteiger partial charge is 0.306 e. The molecule has 0 rings (SSSR count). The molecule has 0 aliphatic rings. The van der Waals surface area contributed by atoms with Crippen LogP contribution in [0.25, 0.3) is 0 Å². The van der Waals surface area contributed by atoms with Gasteiger partial charge in [0, 0.05) is 19.3 Å². The average molecular weight is 849 g/mol. The maximum absolute atomic E-state index is 12.8. The van der Waals surface area contributed by atoms with Crippen LogP contribution < -0.4 is 0 Å². The molecule has 0 aromatic heterocycles. The van der Waals surface area contributed by atoms with Crippen LogP contribution in [0.1, 0.15) is 292 Å². The number of ether oxygens (including phenoxy) is 3. The lowest BCUT2D eigenvalue weighted by Crippen LogP contribution is -2.30. The minimum Gasteiger partial charge on any atom is -0.462 e. The number of carbonyl (C=O) groups is 3. The quantitative estimate of drug-likeness (QED) is 0.0345. The Morgan fingerprint density at radius 3 is 0.717 bits per heavy atom. The molecule has 0 amide bonds. The fourth-order valence-corrected chi connectivity index (χ4v) is 8.12. The van der Waals surface area contributed by atoms with E-state index >= 15 is 0 Å². The van der Waals surface area contributed by atoms with E-state index in [1.165, 1.54) is 173 Å². The number of rotatable bonds is 47. The molecular weight excluding hydrogens is 745 g/mol. The van der Waals surface area contributed by atoms with E-state index < -0.39 is 6.10 Å². The van der Waals surface area contributed by atoms with Gasteiger partial charge in [0.25, 0.3) is 0 Å². The Hall–Kier alpha value is -1.59. The first-order valence-electron chi connectivity index (χ1n) is 26.6. The minimum absolute atomic E-state index is 0.0647. The standard InChI is InChI=1S/C54H104O6/c1-48(2)40-34-28-22-16-12-10-8-7-9-11-13-18-25-31-37-43-52(55)58-46-51(47-59-53(56)44-38-32-26-21-20-24-30-36-42-50(5)6)60-54(57)45-39-33-27-19-15-14-17-23-29-35-41-49(3)4/h48-51H,7-47H2,1-6H3/t51-/m1/s1. The second kappa shape index (κ2) is 45.4. The van der Waals surface area contributed by atoms with Crippen molar-refractivity contribution in [2.45, 2.75) is 298 Å². The Morgan fingerprint density at radius 2 is 0.483 bits per heavy atom. The van der Waals surface area contributed by atoms with E-state index in [4.69, 9.17) is 14.2 Å². The molecular formula is C54H104O6. The average Bonchev–Trinajstić information content (AvgIpc) is 3.20. The number of hydrogen-bond acceptors (Lipinski definition) is 6. The predicted molar refractivity (Wildman–Crippen MR) is 256 cm³/mol. The second-order valence-corrected chi connectivity index (χ2v) is 19.9. The zero-order valence-electron chi connectivity index (χ0n) is 41.3. The van der Waals surface area contributed by atoms with Crippen molar-refractivity contribution in [2.75, 3.05) is 13.2 Å². The van der Waals surface area contributed by atoms with E-state index in [2.05, 4.69) is 41.5 Å². The fraction of sp³-hybridized carbons (Fsp3) is 0.944. The third-order valence-corrected chi connectivity index (χ3v) is 12.1. The summed E-state index contributed by atoms with van der Waals surface area (Å²) in [5, 5.41) is 0. The third kappa shape index (κ3) is 47.5. The number of unbranched alkanes of at least 4 members (excludes halogenated alkanes) is 30. The molecule has 0 unspecified atom stereocenters. The Labute approximate surface area is 374 Å². The van der Waals surface area contributed by atoms with E-state index in [9.17, 15) is 14.4 Å². The molecule has 0 radical (unpaired) electrons. The first-order chi connectivity index (χ1) is 29.1. The van der Waals surface area contributed by atoms with E-state index in [1.54, 1.807) is 0 Å². The van der Waals surface area contributed by atoms with Crippen LogP contribution in [0.4, 0.5) is 0 Å². The Kier molecular flexibility index (Phi) is 44.2. The van der Waals surface area contributed by atoms with Gasteiger partial charge in [0.15, 0.2) is 6.10 Å². The Bertz CT molecular complexity index is 929. The van der Waals surface area contributed by atoms with Gasteiger partial charge < -0.3 is 14.2 Å². The van der Waals surface area contributed by atoms with Gasteiger partial charge in [-0.2, -0.15) is 0 Å². The summed E-state index contributed by atoms with van der Waals surface area (Å²) in [6, 6.07) is 0. The van der Waals surface area contributed by atoms with Gasteiger partial charge in [0.1, 0.15) is 13.2 Å². The molecule has 60 heavy (non-hydrogen) atoms. The molecule has 0 fully saturated rings. The molecule has 0 saturated heterocycles. The van der Waals surface area contributed by atoms with E-state index in [0.717, 1.165) is 75.5 Å². The van der Waals surface area contributed by atoms with Gasteiger partial charge >= 0.3 is 17.9 Å². The van der Waals surface area contributed by atoms with Crippen molar-refractivity contribution in [1.29, 1.82) is 0 Å². The molecule has 356 valence electrons. The maximum atomic E-state index is 12.8. The molecule has 0 N–H and O–H groups in total. The Balaban J connectivity index is 4.27. The zero-order chi connectivity index (χ0) is 44.2. The van der Waals surface area contributed by atoms with Crippen molar-refractivity contribution in [3.63, 3.8) is 0 Å². The van der Waals surface area contributed by atoms with Gasteiger partial charge in [-0.15, -0.1) is 0 Å². The lowest BCUT2D eigenvalue weighted by Gasteiger charge is -2.18. The molecule has 0 saturated carbocycles. The van der Waals surface area contributed by atoms with Crippen LogP contribution in [-0.4, -0.2) is 37.2 Å². The van der Waals surface area contributed by atoms with Crippen LogP contribution in [0.3, 0.4) is 0 Å². The third-order valence-electron chi connectivity index (χ3n) is 12.1. The number of carbonyl (C=O) groups excluding carboxylic acids is 3. The summed E-state index contributed by atoms with van der Waals surface area (Å²) >= 11 is 0. The van der Waals surface area contributed by atoms with Crippen LogP contribution in [0, 0.1) is 17.8 Å². The van der Waals surface area contributed by atoms with Crippen molar-refractivity contribution in [1.82, 2.24) is 0 Å². The van der Waals surface area contributed by atoms with Crippen LogP contribution in [0.2, 0.25) is 0 Å². The molecule has 0 aromatic carbocycles. The van der Waals surface area contributed by atoms with Gasteiger partial charge in [0.2, 0.25) is 0 Å². The Morgan fingerprint density at radius 1 is 0.283 bits per heavy atom. The fourth-order valence-electron chi connectivity index (χ4n) is 8.12. The highest BCUT2D eigenvalue weighted by Crippen LogP contribution is 2.18. The lowest BCUT2D eigenvalue weighted by molar-refractivity contribution is -0.167. The zero-order valence-corrected chi connectivity index (χ0v) is 41.3. The molecule has 6 heteroatoms. The predicted octanol–water partition coefficient (Wildman–Crippen LogP) is 17.2. The topological polar surface area (TPSA) is 78.9 Å². The highest BCUT2D eigenvalue weighted by atomic mass is 16.6. The number of esters is 3. The minimum atomic E-state index is -0.763. The molecule has 0 aliphatic heterocycles. The summed E-state index contributed by atoms with van der Waals surface area (Å²) in [7, 11) is 0. The summed E-state index contributed by atoms with van der Waals surface area (Å²) in [5.74, 6) is 1.61. The maximum Gasteiger partial charge on any atom is 0.306 e. The van der Waals surface area contributed by atoms with Crippen molar-refractivity contribution in [3.8, 4) is 0 Å². The largest absolute Gasteiger partial charge is 0.462 e. The summed E-state index contributed by atoms with van der Waals surface area (Å²) in [6.45, 7) is 13.7. The molecule has 0 bridgehead atoms. The molecule has 0 aliphatic carbocycles. The molecule has 1 atom stereocenters. The van der Waals surface area contributed by atoms with Crippen LogP contribution in [-0.2, 0) is 28.6 Å². The van der Waals surface area contributed by atoms with Crippen molar-refractivity contribution in [3.05, 3.63) is 0 Å². The first kappa shape index (κ1) is 58.4. The molecule has 0 heterocycles. The monoisotopic (exact) mass is 849 g/mol. The van der Waals surface area contributed by atoms with Gasteiger partial charge in [0.05, 0.1) is 0 Å². The van der Waals surface area contributed by atoms with Gasteiger partial charge in [-0.1, -0.05) is 253 Å². The van der Waals surface area contributed by atoms with Crippen molar-refractivity contribution in [2.24, 2.45) is 17.8 Å². The van der Waals surface area contributed by atoms with E-state index in [-0.39, 0.29) is 31.1 Å². The van der Waals surface area contributed by atoms with Gasteiger partial charge in [-0.05, 0) is 37.0 Å². The SMILES string of the molecule is CC(C)CCCCCCCCCCCCCCCCCC(=O)OC[C@H](COC(=O)CCCCCCCCCCC(C)C)OC(=O)CCCCCCCCCCCCC(C)C. The van der Waals surface area contributed by atoms with Gasteiger partial charge in [-0.25, -0.2) is 0 Å². The summed E-state index contributed by atoms with van der Waals surface area (Å²) in [6.07, 6.45) is 45.3. The normalized spacial score (nSPS) is 12.2. The highest BCUT2D eigenvalue weighted by molar-refractivity contribution is 5.71. The highest BCUT2D eigenvalue weighted by Gasteiger charge is 2.19. The summed E-state index contributed by atoms with van der Waals surface area (Å²) in [5.41, 5.74) is 0. The summed E-state index contributed by atoms with van der Waals surface area (Å²) < 4.78 is 16.8. The molecule has 6 nitrogen and oxygen atoms in total. The van der Waals surface area contributed by atoms with Crippen LogP contribution >= 0.6 is 0 Å². The van der Waals surface area contributed by atoms with Crippen molar-refractivity contribution < 1.29 is 28.6 Å². The van der Waals surface area contributed by atoms with Crippen LogP contribution in [0.5, 0.6) is 0 Å². The van der Waals surface area contributed by atoms with E-state index in [0.29, 0.717) is 19.3 Å². The van der Waals surface area contributed by atoms with Gasteiger partial charge in [-0.3, -0.25) is 14.4 Å². The number of hydrogen-bond donors (Lipinski definition) is 0.